The number of imide groups is 1. The molecule has 0 bridgehead atoms. The molecule has 3 amide bonds. The van der Waals surface area contributed by atoms with Crippen LogP contribution in [0, 0.1) is 17.5 Å². The minimum absolute atomic E-state index is 0.411. The number of amides is 3. The number of nitrogens with one attached hydrogen (secondary N) is 2. The number of hydrogen-bond donors (Lipinski definition) is 3. The quantitative estimate of drug-likeness (QED) is 0.544. The van der Waals surface area contributed by atoms with Crippen LogP contribution in [0.3, 0.4) is 0 Å². The second kappa shape index (κ2) is 6.98. The zero-order valence-corrected chi connectivity index (χ0v) is 13.0. The number of carbonyl (C=O) groups is 2. The summed E-state index contributed by atoms with van der Waals surface area (Å²) in [6, 6.07) is 2.30. The van der Waals surface area contributed by atoms with Crippen LogP contribution in [0.1, 0.15) is 10.4 Å². The molecule has 0 fully saturated rings. The topological polar surface area (TPSA) is 78.4 Å². The number of aromatic hydroxyl groups is 1. The molecule has 0 spiro atoms. The Balaban J connectivity index is 2.19. The minimum Gasteiger partial charge on any atom is -0.504 e. The Kier molecular flexibility index (Phi) is 5.20. The molecular formula is C14H7Cl2F3N2O3. The van der Waals surface area contributed by atoms with Gasteiger partial charge in [-0.2, -0.15) is 0 Å². The molecule has 0 aliphatic heterocycles. The summed E-state index contributed by atoms with van der Waals surface area (Å²) in [5.74, 6) is -5.64. The molecule has 0 radical (unpaired) electrons. The lowest BCUT2D eigenvalue weighted by atomic mass is 10.2. The van der Waals surface area contributed by atoms with Crippen LogP contribution >= 0.6 is 23.2 Å². The van der Waals surface area contributed by atoms with Gasteiger partial charge in [0.1, 0.15) is 22.2 Å². The number of carbonyl (C=O) groups excluding carboxylic acids is 2. The van der Waals surface area contributed by atoms with E-state index in [2.05, 4.69) is 0 Å². The van der Waals surface area contributed by atoms with Gasteiger partial charge in [-0.1, -0.05) is 29.3 Å². The highest BCUT2D eigenvalue weighted by Gasteiger charge is 2.21. The van der Waals surface area contributed by atoms with Crippen molar-refractivity contribution in [1.82, 2.24) is 5.32 Å². The van der Waals surface area contributed by atoms with Gasteiger partial charge in [-0.25, -0.2) is 18.0 Å². The van der Waals surface area contributed by atoms with Crippen LogP contribution in [-0.2, 0) is 0 Å². The second-order valence-corrected chi connectivity index (χ2v) is 5.17. The van der Waals surface area contributed by atoms with Crippen molar-refractivity contribution in [2.75, 3.05) is 5.32 Å². The lowest BCUT2D eigenvalue weighted by Gasteiger charge is -2.11. The Morgan fingerprint density at radius 3 is 2.25 bits per heavy atom. The van der Waals surface area contributed by atoms with Gasteiger partial charge in [0, 0.05) is 0 Å². The van der Waals surface area contributed by atoms with Gasteiger partial charge in [0.15, 0.2) is 11.6 Å². The van der Waals surface area contributed by atoms with E-state index in [4.69, 9.17) is 23.2 Å². The van der Waals surface area contributed by atoms with E-state index in [1.54, 1.807) is 5.32 Å². The van der Waals surface area contributed by atoms with E-state index in [0.29, 0.717) is 0 Å². The first-order valence-corrected chi connectivity index (χ1v) is 6.90. The summed E-state index contributed by atoms with van der Waals surface area (Å²) in [6.45, 7) is 0. The number of benzene rings is 2. The summed E-state index contributed by atoms with van der Waals surface area (Å²) in [5.41, 5.74) is -1.38. The minimum atomic E-state index is -1.36. The number of anilines is 1. The number of rotatable bonds is 2. The normalized spacial score (nSPS) is 10.4. The number of halogens is 5. The van der Waals surface area contributed by atoms with Crippen LogP contribution in [0.15, 0.2) is 24.3 Å². The molecule has 0 aliphatic rings. The Morgan fingerprint density at radius 1 is 1.08 bits per heavy atom. The third-order valence-corrected chi connectivity index (χ3v) is 3.42. The molecule has 126 valence electrons. The average Bonchev–Trinajstić information content (AvgIpc) is 2.50. The summed E-state index contributed by atoms with van der Waals surface area (Å²) < 4.78 is 40.2. The number of phenols is 1. The van der Waals surface area contributed by atoms with Crippen molar-refractivity contribution in [1.29, 1.82) is 0 Å². The molecule has 0 aliphatic carbocycles. The van der Waals surface area contributed by atoms with E-state index in [-0.39, 0.29) is 0 Å². The first kappa shape index (κ1) is 17.9. The SMILES string of the molecule is O=C(NC(=O)c1c(F)cccc1F)Nc1cc(Cl)c(F)c(Cl)c1O. The summed E-state index contributed by atoms with van der Waals surface area (Å²) in [5, 5.41) is 12.0. The third kappa shape index (κ3) is 3.55. The van der Waals surface area contributed by atoms with Gasteiger partial charge in [-0.3, -0.25) is 10.1 Å². The maximum Gasteiger partial charge on any atom is 0.326 e. The molecule has 3 N–H and O–H groups in total. The second-order valence-electron chi connectivity index (χ2n) is 4.39. The van der Waals surface area contributed by atoms with Crippen molar-refractivity contribution >= 4 is 40.8 Å². The molecule has 2 rings (SSSR count). The van der Waals surface area contributed by atoms with Crippen LogP contribution in [-0.4, -0.2) is 17.0 Å². The highest BCUT2D eigenvalue weighted by atomic mass is 35.5. The van der Waals surface area contributed by atoms with Crippen LogP contribution in [0.2, 0.25) is 10.0 Å². The Morgan fingerprint density at radius 2 is 1.67 bits per heavy atom. The molecule has 0 aromatic heterocycles. The van der Waals surface area contributed by atoms with Gasteiger partial charge in [0.05, 0.1) is 10.7 Å². The van der Waals surface area contributed by atoms with Gasteiger partial charge in [0.2, 0.25) is 0 Å². The van der Waals surface area contributed by atoms with E-state index in [9.17, 15) is 27.9 Å². The highest BCUT2D eigenvalue weighted by molar-refractivity contribution is 6.36. The summed E-state index contributed by atoms with van der Waals surface area (Å²) in [7, 11) is 0. The molecule has 0 unspecified atom stereocenters. The maximum absolute atomic E-state index is 13.4. The lowest BCUT2D eigenvalue weighted by molar-refractivity contribution is 0.0959. The van der Waals surface area contributed by atoms with Crippen molar-refractivity contribution < 1.29 is 27.9 Å². The first-order valence-electron chi connectivity index (χ1n) is 6.15. The van der Waals surface area contributed by atoms with Crippen LogP contribution < -0.4 is 10.6 Å². The van der Waals surface area contributed by atoms with Gasteiger partial charge in [0.25, 0.3) is 5.91 Å². The van der Waals surface area contributed by atoms with Crippen molar-refractivity contribution in [3.63, 3.8) is 0 Å². The molecule has 5 nitrogen and oxygen atoms in total. The van der Waals surface area contributed by atoms with E-state index >= 15 is 0 Å². The zero-order chi connectivity index (χ0) is 18.0. The van der Waals surface area contributed by atoms with Crippen molar-refractivity contribution in [3.8, 4) is 5.75 Å². The van der Waals surface area contributed by atoms with Crippen LogP contribution in [0.25, 0.3) is 0 Å². The molecular weight excluding hydrogens is 372 g/mol. The predicted octanol–water partition coefficient (Wildman–Crippen LogP) is 4.08. The lowest BCUT2D eigenvalue weighted by Crippen LogP contribution is -2.35. The van der Waals surface area contributed by atoms with Crippen molar-refractivity contribution in [2.45, 2.75) is 0 Å². The van der Waals surface area contributed by atoms with E-state index < -0.39 is 56.4 Å². The molecule has 2 aromatic rings. The van der Waals surface area contributed by atoms with Crippen molar-refractivity contribution in [2.24, 2.45) is 0 Å². The van der Waals surface area contributed by atoms with Gasteiger partial charge in [-0.15, -0.1) is 0 Å². The van der Waals surface area contributed by atoms with Crippen molar-refractivity contribution in [3.05, 3.63) is 57.3 Å². The van der Waals surface area contributed by atoms with Gasteiger partial charge < -0.3 is 10.4 Å². The number of urea groups is 1. The summed E-state index contributed by atoms with van der Waals surface area (Å²) >= 11 is 11.0. The fourth-order valence-electron chi connectivity index (χ4n) is 1.71. The molecule has 10 heteroatoms. The molecule has 24 heavy (non-hydrogen) atoms. The number of hydrogen-bond acceptors (Lipinski definition) is 3. The number of phenolic OH excluding ortho intramolecular Hbond substituents is 1. The van der Waals surface area contributed by atoms with Crippen LogP contribution in [0.5, 0.6) is 5.75 Å². The first-order chi connectivity index (χ1) is 11.2. The van der Waals surface area contributed by atoms with Gasteiger partial charge in [-0.05, 0) is 18.2 Å². The van der Waals surface area contributed by atoms with E-state index in [1.807, 2.05) is 5.32 Å². The largest absolute Gasteiger partial charge is 0.504 e. The third-order valence-electron chi connectivity index (χ3n) is 2.80. The Bertz CT molecular complexity index is 826. The molecule has 0 saturated heterocycles. The maximum atomic E-state index is 13.4. The fraction of sp³-hybridized carbons (Fsp3) is 0. The van der Waals surface area contributed by atoms with E-state index in [1.165, 1.54) is 0 Å². The van der Waals surface area contributed by atoms with Gasteiger partial charge >= 0.3 is 6.03 Å². The van der Waals surface area contributed by atoms with E-state index in [0.717, 1.165) is 24.3 Å². The molecule has 0 atom stereocenters. The molecule has 2 aromatic carbocycles. The summed E-state index contributed by atoms with van der Waals surface area (Å²) in [6.07, 6.45) is 0. The average molecular weight is 379 g/mol. The summed E-state index contributed by atoms with van der Waals surface area (Å²) in [4.78, 5) is 23.4. The smallest absolute Gasteiger partial charge is 0.326 e. The predicted molar refractivity (Wildman–Crippen MR) is 80.9 cm³/mol. The molecule has 0 saturated carbocycles. The van der Waals surface area contributed by atoms with Crippen LogP contribution in [0.4, 0.5) is 23.7 Å². The monoisotopic (exact) mass is 378 g/mol. The zero-order valence-electron chi connectivity index (χ0n) is 11.5. The fourth-order valence-corrected chi connectivity index (χ4v) is 2.17. The molecule has 0 heterocycles. The standard InChI is InChI=1S/C14H7Cl2F3N2O3/c15-5-4-8(12(22)10(16)11(5)19)20-14(24)21-13(23)9-6(17)2-1-3-7(9)18/h1-4,22H,(H2,20,21,23,24). The highest BCUT2D eigenvalue weighted by Crippen LogP contribution is 2.38. The Labute approximate surface area is 143 Å². The Hall–Kier alpha value is -2.45.